The Morgan fingerprint density at radius 3 is 2.89 bits per heavy atom. The first-order valence-electron chi connectivity index (χ1n) is 9.64. The van der Waals surface area contributed by atoms with Gasteiger partial charge in [-0.3, -0.25) is 5.10 Å². The number of carbonyl (C=O) groups is 1. The molecule has 8 nitrogen and oxygen atoms in total. The Labute approximate surface area is 164 Å². The summed E-state index contributed by atoms with van der Waals surface area (Å²) in [5.74, 6) is 2.04. The lowest BCUT2D eigenvalue weighted by Crippen LogP contribution is -2.43. The zero-order valence-corrected chi connectivity index (χ0v) is 16.0. The molecular weight excluding hydrogens is 354 g/mol. The SMILES string of the molecule is Cc1nc(Cc2ccc(NC(=O)N3CCC[C@H](Cn4ccnc4)C3)cc2)n[nH]1. The molecule has 0 unspecified atom stereocenters. The molecule has 1 atom stereocenters. The fraction of sp³-hybridized carbons (Fsp3) is 0.400. The molecule has 0 aliphatic carbocycles. The van der Waals surface area contributed by atoms with E-state index in [1.807, 2.05) is 48.6 Å². The van der Waals surface area contributed by atoms with Crippen LogP contribution in [0.2, 0.25) is 0 Å². The van der Waals surface area contributed by atoms with Gasteiger partial charge in [0.05, 0.1) is 6.33 Å². The molecular formula is C20H25N7O. The third kappa shape index (κ3) is 4.57. The van der Waals surface area contributed by atoms with Crippen molar-refractivity contribution in [3.05, 3.63) is 60.2 Å². The highest BCUT2D eigenvalue weighted by atomic mass is 16.2. The van der Waals surface area contributed by atoms with Crippen LogP contribution in [0, 0.1) is 12.8 Å². The van der Waals surface area contributed by atoms with Crippen molar-refractivity contribution in [2.75, 3.05) is 18.4 Å². The number of rotatable bonds is 5. The van der Waals surface area contributed by atoms with E-state index in [0.29, 0.717) is 12.3 Å². The number of hydrogen-bond acceptors (Lipinski definition) is 4. The van der Waals surface area contributed by atoms with Crippen LogP contribution in [0.1, 0.15) is 30.1 Å². The molecule has 1 fully saturated rings. The second-order valence-corrected chi connectivity index (χ2v) is 7.35. The van der Waals surface area contributed by atoms with Crippen LogP contribution in [0.25, 0.3) is 0 Å². The highest BCUT2D eigenvalue weighted by molar-refractivity contribution is 5.89. The number of H-pyrrole nitrogens is 1. The van der Waals surface area contributed by atoms with Crippen molar-refractivity contribution in [2.45, 2.75) is 32.7 Å². The average molecular weight is 379 g/mol. The normalized spacial score (nSPS) is 16.9. The number of nitrogens with zero attached hydrogens (tertiary/aromatic N) is 5. The number of likely N-dealkylation sites (tertiary alicyclic amines) is 1. The second kappa shape index (κ2) is 8.24. The number of nitrogens with one attached hydrogen (secondary N) is 2. The molecule has 2 aromatic heterocycles. The molecule has 1 saturated heterocycles. The zero-order chi connectivity index (χ0) is 19.3. The van der Waals surface area contributed by atoms with E-state index in [9.17, 15) is 4.79 Å². The maximum atomic E-state index is 12.7. The molecule has 0 spiro atoms. The van der Waals surface area contributed by atoms with Gasteiger partial charge in [0.2, 0.25) is 0 Å². The van der Waals surface area contributed by atoms with Crippen LogP contribution in [-0.2, 0) is 13.0 Å². The van der Waals surface area contributed by atoms with Gasteiger partial charge in [-0.1, -0.05) is 12.1 Å². The van der Waals surface area contributed by atoms with Gasteiger partial charge in [0.1, 0.15) is 5.82 Å². The van der Waals surface area contributed by atoms with E-state index in [1.165, 1.54) is 0 Å². The summed E-state index contributed by atoms with van der Waals surface area (Å²) in [5, 5.41) is 10.0. The lowest BCUT2D eigenvalue weighted by Gasteiger charge is -2.33. The summed E-state index contributed by atoms with van der Waals surface area (Å²) >= 11 is 0. The molecule has 4 rings (SSSR count). The van der Waals surface area contributed by atoms with Gasteiger partial charge in [0.25, 0.3) is 0 Å². The minimum Gasteiger partial charge on any atom is -0.337 e. The summed E-state index contributed by atoms with van der Waals surface area (Å²) < 4.78 is 2.08. The zero-order valence-electron chi connectivity index (χ0n) is 16.0. The van der Waals surface area contributed by atoms with E-state index in [2.05, 4.69) is 30.0 Å². The van der Waals surface area contributed by atoms with Crippen LogP contribution in [-0.4, -0.2) is 48.8 Å². The van der Waals surface area contributed by atoms with Crippen LogP contribution in [0.5, 0.6) is 0 Å². The smallest absolute Gasteiger partial charge is 0.321 e. The molecule has 2 N–H and O–H groups in total. The first kappa shape index (κ1) is 18.2. The molecule has 1 aliphatic rings. The number of imidazole rings is 1. The summed E-state index contributed by atoms with van der Waals surface area (Å²) in [6.45, 7) is 4.36. The van der Waals surface area contributed by atoms with E-state index in [4.69, 9.17) is 0 Å². The summed E-state index contributed by atoms with van der Waals surface area (Å²) in [6, 6.07) is 7.82. The quantitative estimate of drug-likeness (QED) is 0.713. The second-order valence-electron chi connectivity index (χ2n) is 7.35. The van der Waals surface area contributed by atoms with Crippen LogP contribution in [0.15, 0.2) is 43.0 Å². The number of urea groups is 1. The molecule has 146 valence electrons. The highest BCUT2D eigenvalue weighted by Crippen LogP contribution is 2.20. The van der Waals surface area contributed by atoms with Gasteiger partial charge in [0.15, 0.2) is 5.82 Å². The van der Waals surface area contributed by atoms with E-state index >= 15 is 0 Å². The number of hydrogen-bond donors (Lipinski definition) is 2. The number of aromatic amines is 1. The minimum absolute atomic E-state index is 0.0346. The standard InChI is InChI=1S/C20H25N7O/c1-15-22-19(25-24-15)11-16-4-6-18(7-5-16)23-20(28)27-9-2-3-17(13-27)12-26-10-8-21-14-26/h4-8,10,14,17H,2-3,9,11-13H2,1H3,(H,23,28)(H,22,24,25)/t17-/m1/s1. The maximum absolute atomic E-state index is 12.7. The minimum atomic E-state index is -0.0346. The van der Waals surface area contributed by atoms with Crippen LogP contribution in [0.4, 0.5) is 10.5 Å². The fourth-order valence-corrected chi connectivity index (χ4v) is 3.65. The maximum Gasteiger partial charge on any atom is 0.321 e. The van der Waals surface area contributed by atoms with Crippen molar-refractivity contribution >= 4 is 11.7 Å². The van der Waals surface area contributed by atoms with Crippen molar-refractivity contribution in [1.82, 2.24) is 29.6 Å². The molecule has 3 heterocycles. The van der Waals surface area contributed by atoms with Crippen LogP contribution < -0.4 is 5.32 Å². The monoisotopic (exact) mass is 379 g/mol. The molecule has 28 heavy (non-hydrogen) atoms. The number of piperidine rings is 1. The lowest BCUT2D eigenvalue weighted by molar-refractivity contribution is 0.170. The Bertz CT molecular complexity index is 901. The molecule has 0 saturated carbocycles. The Kier molecular flexibility index (Phi) is 5.36. The van der Waals surface area contributed by atoms with Gasteiger partial charge in [-0.2, -0.15) is 5.10 Å². The van der Waals surface area contributed by atoms with Crippen molar-refractivity contribution in [3.63, 3.8) is 0 Å². The van der Waals surface area contributed by atoms with Gasteiger partial charge >= 0.3 is 6.03 Å². The number of benzene rings is 1. The third-order valence-corrected chi connectivity index (χ3v) is 5.05. The van der Waals surface area contributed by atoms with Crippen molar-refractivity contribution in [2.24, 2.45) is 5.92 Å². The molecule has 1 aliphatic heterocycles. The molecule has 0 bridgehead atoms. The Balaban J connectivity index is 1.31. The molecule has 2 amide bonds. The lowest BCUT2D eigenvalue weighted by atomic mass is 9.98. The Morgan fingerprint density at radius 1 is 1.32 bits per heavy atom. The predicted molar refractivity (Wildman–Crippen MR) is 106 cm³/mol. The summed E-state index contributed by atoms with van der Waals surface area (Å²) in [7, 11) is 0. The summed E-state index contributed by atoms with van der Waals surface area (Å²) in [6.07, 6.45) is 8.43. The predicted octanol–water partition coefficient (Wildman–Crippen LogP) is 2.84. The van der Waals surface area contributed by atoms with Crippen LogP contribution >= 0.6 is 0 Å². The van der Waals surface area contributed by atoms with Gasteiger partial charge in [-0.25, -0.2) is 14.8 Å². The topological polar surface area (TPSA) is 91.7 Å². The molecule has 1 aromatic carbocycles. The number of aryl methyl sites for hydroxylation is 1. The fourth-order valence-electron chi connectivity index (χ4n) is 3.65. The Hall–Kier alpha value is -3.16. The first-order chi connectivity index (χ1) is 13.7. The molecule has 0 radical (unpaired) electrons. The first-order valence-corrected chi connectivity index (χ1v) is 9.64. The van der Waals surface area contributed by atoms with E-state index in [1.54, 1.807) is 6.20 Å². The number of aromatic nitrogens is 5. The van der Waals surface area contributed by atoms with Gasteiger partial charge < -0.3 is 14.8 Å². The van der Waals surface area contributed by atoms with Crippen LogP contribution in [0.3, 0.4) is 0 Å². The van der Waals surface area contributed by atoms with Crippen molar-refractivity contribution in [3.8, 4) is 0 Å². The highest BCUT2D eigenvalue weighted by Gasteiger charge is 2.24. The summed E-state index contributed by atoms with van der Waals surface area (Å²) in [5.41, 5.74) is 1.91. The van der Waals surface area contributed by atoms with Crippen molar-refractivity contribution in [1.29, 1.82) is 0 Å². The Morgan fingerprint density at radius 2 is 2.18 bits per heavy atom. The summed E-state index contributed by atoms with van der Waals surface area (Å²) in [4.78, 5) is 23.0. The average Bonchev–Trinajstić information content (AvgIpc) is 3.35. The third-order valence-electron chi connectivity index (χ3n) is 5.05. The van der Waals surface area contributed by atoms with Crippen molar-refractivity contribution < 1.29 is 4.79 Å². The number of carbonyl (C=O) groups excluding carboxylic acids is 1. The largest absolute Gasteiger partial charge is 0.337 e. The van der Waals surface area contributed by atoms with E-state index in [-0.39, 0.29) is 6.03 Å². The number of anilines is 1. The number of amides is 2. The van der Waals surface area contributed by atoms with E-state index in [0.717, 1.165) is 55.4 Å². The van der Waals surface area contributed by atoms with Gasteiger partial charge in [-0.05, 0) is 43.4 Å². The molecule has 3 aromatic rings. The van der Waals surface area contributed by atoms with Gasteiger partial charge in [-0.15, -0.1) is 0 Å². The van der Waals surface area contributed by atoms with Gasteiger partial charge in [0, 0.05) is 44.1 Å². The van der Waals surface area contributed by atoms with E-state index < -0.39 is 0 Å². The molecule has 8 heteroatoms.